The van der Waals surface area contributed by atoms with Gasteiger partial charge < -0.3 is 15.2 Å². The van der Waals surface area contributed by atoms with Crippen LogP contribution >= 0.6 is 0 Å². The van der Waals surface area contributed by atoms with Crippen LogP contribution in [0.15, 0.2) is 0 Å². The summed E-state index contributed by atoms with van der Waals surface area (Å²) in [6.07, 6.45) is 2.39. The van der Waals surface area contributed by atoms with Gasteiger partial charge in [-0.15, -0.1) is 0 Å². The molecule has 0 unspecified atom stereocenters. The molecule has 88 valence electrons. The summed E-state index contributed by atoms with van der Waals surface area (Å²) in [4.78, 5) is 22.0. The van der Waals surface area contributed by atoms with E-state index in [0.29, 0.717) is 13.0 Å². The summed E-state index contributed by atoms with van der Waals surface area (Å²) in [6.45, 7) is 2.29. The van der Waals surface area contributed by atoms with E-state index in [1.807, 2.05) is 6.92 Å². The molecule has 0 aliphatic heterocycles. The van der Waals surface area contributed by atoms with Gasteiger partial charge in [-0.2, -0.15) is 0 Å². The zero-order valence-corrected chi connectivity index (χ0v) is 9.28. The molecule has 0 rings (SSSR count). The van der Waals surface area contributed by atoms with Crippen LogP contribution in [0.1, 0.15) is 32.6 Å². The first-order valence-electron chi connectivity index (χ1n) is 5.13. The van der Waals surface area contributed by atoms with Crippen LogP contribution < -0.4 is 5.32 Å². The summed E-state index contributed by atoms with van der Waals surface area (Å²) in [5.74, 6) is -1.26. The SMILES string of the molecule is CCCC[C@H](NC(=O)CCOC)C(=O)O. The van der Waals surface area contributed by atoms with Gasteiger partial charge in [0.2, 0.25) is 5.91 Å². The minimum absolute atomic E-state index is 0.201. The normalized spacial score (nSPS) is 12.1. The lowest BCUT2D eigenvalue weighted by atomic mass is 10.1. The monoisotopic (exact) mass is 217 g/mol. The number of hydrogen-bond acceptors (Lipinski definition) is 3. The fourth-order valence-electron chi connectivity index (χ4n) is 1.13. The molecule has 0 fully saturated rings. The van der Waals surface area contributed by atoms with Crippen molar-refractivity contribution in [2.45, 2.75) is 38.6 Å². The van der Waals surface area contributed by atoms with Crippen molar-refractivity contribution in [1.82, 2.24) is 5.32 Å². The van der Waals surface area contributed by atoms with E-state index in [4.69, 9.17) is 9.84 Å². The van der Waals surface area contributed by atoms with Gasteiger partial charge in [0.1, 0.15) is 6.04 Å². The standard InChI is InChI=1S/C10H19NO4/c1-3-4-5-8(10(13)14)11-9(12)6-7-15-2/h8H,3-7H2,1-2H3,(H,11,12)(H,13,14)/t8-/m0/s1. The van der Waals surface area contributed by atoms with E-state index in [9.17, 15) is 9.59 Å². The summed E-state index contributed by atoms with van der Waals surface area (Å²) in [5.41, 5.74) is 0. The number of nitrogens with one attached hydrogen (secondary N) is 1. The number of hydrogen-bond donors (Lipinski definition) is 2. The van der Waals surface area contributed by atoms with E-state index >= 15 is 0 Å². The number of aliphatic carboxylic acids is 1. The number of carboxylic acid groups (broad SMARTS) is 1. The van der Waals surface area contributed by atoms with Gasteiger partial charge in [-0.1, -0.05) is 19.8 Å². The van der Waals surface area contributed by atoms with E-state index in [-0.39, 0.29) is 12.3 Å². The number of carboxylic acids is 1. The van der Waals surface area contributed by atoms with Crippen LogP contribution in [0.4, 0.5) is 0 Å². The number of carbonyl (C=O) groups excluding carboxylic acids is 1. The molecule has 0 saturated carbocycles. The molecule has 0 spiro atoms. The van der Waals surface area contributed by atoms with E-state index in [1.165, 1.54) is 7.11 Å². The third-order valence-electron chi connectivity index (χ3n) is 2.01. The molecule has 0 aromatic carbocycles. The molecule has 0 heterocycles. The smallest absolute Gasteiger partial charge is 0.326 e. The largest absolute Gasteiger partial charge is 0.480 e. The first-order valence-corrected chi connectivity index (χ1v) is 5.13. The summed E-state index contributed by atoms with van der Waals surface area (Å²) < 4.78 is 4.73. The van der Waals surface area contributed by atoms with Crippen molar-refractivity contribution >= 4 is 11.9 Å². The average Bonchev–Trinajstić information content (AvgIpc) is 2.20. The Kier molecular flexibility index (Phi) is 7.62. The zero-order valence-electron chi connectivity index (χ0n) is 9.28. The average molecular weight is 217 g/mol. The highest BCUT2D eigenvalue weighted by Crippen LogP contribution is 2.01. The topological polar surface area (TPSA) is 75.6 Å². The van der Waals surface area contributed by atoms with Gasteiger partial charge >= 0.3 is 5.97 Å². The minimum atomic E-state index is -0.978. The van der Waals surface area contributed by atoms with Gasteiger partial charge in [0.15, 0.2) is 0 Å². The summed E-state index contributed by atoms with van der Waals surface area (Å²) in [7, 11) is 1.50. The Bertz CT molecular complexity index is 206. The van der Waals surface area contributed by atoms with Gasteiger partial charge in [-0.25, -0.2) is 4.79 Å². The predicted octanol–water partition coefficient (Wildman–Crippen LogP) is 0.782. The Hall–Kier alpha value is -1.10. The molecular formula is C10H19NO4. The number of amides is 1. The summed E-state index contributed by atoms with van der Waals surface area (Å²) in [6, 6.07) is -0.769. The molecule has 1 atom stereocenters. The molecule has 0 aliphatic carbocycles. The lowest BCUT2D eigenvalue weighted by Crippen LogP contribution is -2.41. The van der Waals surface area contributed by atoms with Crippen LogP contribution in [0, 0.1) is 0 Å². The van der Waals surface area contributed by atoms with Crippen molar-refractivity contribution in [2.75, 3.05) is 13.7 Å². The van der Waals surface area contributed by atoms with Crippen LogP contribution in [-0.2, 0) is 14.3 Å². The first kappa shape index (κ1) is 13.9. The van der Waals surface area contributed by atoms with Crippen LogP contribution in [0.3, 0.4) is 0 Å². The lowest BCUT2D eigenvalue weighted by molar-refractivity contribution is -0.142. The predicted molar refractivity (Wildman–Crippen MR) is 55.6 cm³/mol. The van der Waals surface area contributed by atoms with Crippen molar-refractivity contribution in [1.29, 1.82) is 0 Å². The molecule has 0 aromatic rings. The quantitative estimate of drug-likeness (QED) is 0.630. The summed E-state index contributed by atoms with van der Waals surface area (Å²) >= 11 is 0. The molecule has 5 nitrogen and oxygen atoms in total. The molecule has 1 amide bonds. The molecular weight excluding hydrogens is 198 g/mol. The van der Waals surface area contributed by atoms with Crippen molar-refractivity contribution in [3.8, 4) is 0 Å². The molecule has 0 saturated heterocycles. The second-order valence-corrected chi connectivity index (χ2v) is 3.34. The Balaban J connectivity index is 3.93. The van der Waals surface area contributed by atoms with Gasteiger partial charge in [-0.05, 0) is 6.42 Å². The fourth-order valence-corrected chi connectivity index (χ4v) is 1.13. The van der Waals surface area contributed by atoms with Crippen LogP contribution in [0.2, 0.25) is 0 Å². The van der Waals surface area contributed by atoms with Crippen molar-refractivity contribution in [2.24, 2.45) is 0 Å². The van der Waals surface area contributed by atoms with Gasteiger partial charge in [-0.3, -0.25) is 4.79 Å². The highest BCUT2D eigenvalue weighted by atomic mass is 16.5. The van der Waals surface area contributed by atoms with E-state index < -0.39 is 12.0 Å². The van der Waals surface area contributed by atoms with E-state index in [0.717, 1.165) is 12.8 Å². The maximum Gasteiger partial charge on any atom is 0.326 e. The molecule has 5 heteroatoms. The zero-order chi connectivity index (χ0) is 11.7. The molecule has 15 heavy (non-hydrogen) atoms. The Morgan fingerprint density at radius 2 is 2.13 bits per heavy atom. The maximum atomic E-state index is 11.2. The number of methoxy groups -OCH3 is 1. The van der Waals surface area contributed by atoms with Gasteiger partial charge in [0.25, 0.3) is 0 Å². The van der Waals surface area contributed by atoms with E-state index in [2.05, 4.69) is 5.32 Å². The number of unbranched alkanes of at least 4 members (excludes halogenated alkanes) is 1. The van der Waals surface area contributed by atoms with Crippen molar-refractivity contribution in [3.63, 3.8) is 0 Å². The lowest BCUT2D eigenvalue weighted by Gasteiger charge is -2.13. The molecule has 0 aromatic heterocycles. The second-order valence-electron chi connectivity index (χ2n) is 3.34. The molecule has 0 aliphatic rings. The molecule has 0 bridgehead atoms. The number of carbonyl (C=O) groups is 2. The Morgan fingerprint density at radius 1 is 1.47 bits per heavy atom. The number of ether oxygens (including phenoxy) is 1. The third kappa shape index (κ3) is 6.90. The van der Waals surface area contributed by atoms with Gasteiger partial charge in [0, 0.05) is 13.5 Å². The van der Waals surface area contributed by atoms with Crippen LogP contribution in [-0.4, -0.2) is 36.7 Å². The third-order valence-corrected chi connectivity index (χ3v) is 2.01. The summed E-state index contributed by atoms with van der Waals surface area (Å²) in [5, 5.41) is 11.3. The van der Waals surface area contributed by atoms with Crippen LogP contribution in [0.25, 0.3) is 0 Å². The second kappa shape index (κ2) is 8.23. The van der Waals surface area contributed by atoms with E-state index in [1.54, 1.807) is 0 Å². The number of rotatable bonds is 8. The Morgan fingerprint density at radius 3 is 2.60 bits per heavy atom. The van der Waals surface area contributed by atoms with Crippen molar-refractivity contribution in [3.05, 3.63) is 0 Å². The minimum Gasteiger partial charge on any atom is -0.480 e. The van der Waals surface area contributed by atoms with Crippen molar-refractivity contribution < 1.29 is 19.4 Å². The Labute approximate surface area is 89.8 Å². The maximum absolute atomic E-state index is 11.2. The highest BCUT2D eigenvalue weighted by Gasteiger charge is 2.18. The molecule has 2 N–H and O–H groups in total. The molecule has 0 radical (unpaired) electrons. The van der Waals surface area contributed by atoms with Gasteiger partial charge in [0.05, 0.1) is 6.61 Å². The highest BCUT2D eigenvalue weighted by molar-refractivity contribution is 5.83. The van der Waals surface area contributed by atoms with Crippen LogP contribution in [0.5, 0.6) is 0 Å². The fraction of sp³-hybridized carbons (Fsp3) is 0.800. The first-order chi connectivity index (χ1) is 7.11.